The number of H-pyrrole nitrogens is 1. The molecule has 134 valence electrons. The van der Waals surface area contributed by atoms with E-state index in [1.807, 2.05) is 39.0 Å². The quantitative estimate of drug-likeness (QED) is 0.868. The van der Waals surface area contributed by atoms with Crippen molar-refractivity contribution < 1.29 is 4.79 Å². The van der Waals surface area contributed by atoms with Gasteiger partial charge in [0.1, 0.15) is 0 Å². The molecule has 0 bridgehead atoms. The number of aromatic nitrogens is 4. The standard InChI is InChI=1S/C18H26N6O/c1-11-12(2)22-23-14(11)8-9-17(25)20-15-6-5-7-16-13(15)10-19-18(21-16)24(3)4/h10,15H,5-9H2,1-4H3,(H,20,25)(H,22,23)/t15-/m1/s1. The first kappa shape index (κ1) is 17.4. The van der Waals surface area contributed by atoms with Crippen LogP contribution in [0.5, 0.6) is 0 Å². The van der Waals surface area contributed by atoms with Crippen LogP contribution >= 0.6 is 0 Å². The minimum Gasteiger partial charge on any atom is -0.349 e. The van der Waals surface area contributed by atoms with Gasteiger partial charge in [-0.3, -0.25) is 9.89 Å². The molecule has 0 unspecified atom stereocenters. The molecule has 2 heterocycles. The average Bonchev–Trinajstić information content (AvgIpc) is 2.91. The Morgan fingerprint density at radius 3 is 2.88 bits per heavy atom. The van der Waals surface area contributed by atoms with E-state index in [2.05, 4.69) is 25.5 Å². The Kier molecular flexibility index (Phi) is 5.01. The van der Waals surface area contributed by atoms with Crippen molar-refractivity contribution in [2.75, 3.05) is 19.0 Å². The largest absolute Gasteiger partial charge is 0.349 e. The Morgan fingerprint density at radius 2 is 2.20 bits per heavy atom. The van der Waals surface area contributed by atoms with E-state index < -0.39 is 0 Å². The second-order valence-corrected chi connectivity index (χ2v) is 6.90. The predicted octanol–water partition coefficient (Wildman–Crippen LogP) is 2.01. The van der Waals surface area contributed by atoms with Gasteiger partial charge < -0.3 is 10.2 Å². The van der Waals surface area contributed by atoms with Crippen molar-refractivity contribution in [2.45, 2.75) is 52.0 Å². The van der Waals surface area contributed by atoms with E-state index in [4.69, 9.17) is 0 Å². The Bertz CT molecular complexity index is 767. The fourth-order valence-electron chi connectivity index (χ4n) is 3.18. The third kappa shape index (κ3) is 3.81. The van der Waals surface area contributed by atoms with Gasteiger partial charge in [0, 0.05) is 44.4 Å². The van der Waals surface area contributed by atoms with E-state index in [1.54, 1.807) is 0 Å². The molecule has 0 radical (unpaired) electrons. The highest BCUT2D eigenvalue weighted by Gasteiger charge is 2.24. The lowest BCUT2D eigenvalue weighted by atomic mass is 9.92. The molecule has 7 nitrogen and oxygen atoms in total. The van der Waals surface area contributed by atoms with E-state index in [0.29, 0.717) is 12.8 Å². The molecule has 0 aromatic carbocycles. The van der Waals surface area contributed by atoms with Gasteiger partial charge in [-0.15, -0.1) is 0 Å². The van der Waals surface area contributed by atoms with Crippen LogP contribution in [0.15, 0.2) is 6.20 Å². The number of hydrogen-bond acceptors (Lipinski definition) is 5. The number of nitrogens with one attached hydrogen (secondary N) is 2. The van der Waals surface area contributed by atoms with Gasteiger partial charge >= 0.3 is 0 Å². The Balaban J connectivity index is 1.64. The molecule has 2 aromatic rings. The highest BCUT2D eigenvalue weighted by atomic mass is 16.1. The van der Waals surface area contributed by atoms with Gasteiger partial charge in [0.25, 0.3) is 0 Å². The Morgan fingerprint density at radius 1 is 1.40 bits per heavy atom. The van der Waals surface area contributed by atoms with Gasteiger partial charge in [0.05, 0.1) is 17.4 Å². The lowest BCUT2D eigenvalue weighted by Crippen LogP contribution is -2.32. The monoisotopic (exact) mass is 342 g/mol. The molecule has 0 aliphatic heterocycles. The molecule has 1 aliphatic carbocycles. The Hall–Kier alpha value is -2.44. The summed E-state index contributed by atoms with van der Waals surface area (Å²) in [6.45, 7) is 4.02. The molecule has 1 amide bonds. The highest BCUT2D eigenvalue weighted by Crippen LogP contribution is 2.29. The van der Waals surface area contributed by atoms with Crippen LogP contribution in [0.3, 0.4) is 0 Å². The third-order valence-electron chi connectivity index (χ3n) is 4.85. The van der Waals surface area contributed by atoms with Crippen LogP contribution in [0.1, 0.15) is 53.5 Å². The second-order valence-electron chi connectivity index (χ2n) is 6.90. The SMILES string of the molecule is Cc1[nH]nc(CCC(=O)N[C@@H]2CCCc3nc(N(C)C)ncc32)c1C. The van der Waals surface area contributed by atoms with Crippen LogP contribution in [-0.4, -0.2) is 40.2 Å². The van der Waals surface area contributed by atoms with Crippen molar-refractivity contribution in [3.05, 3.63) is 34.4 Å². The number of rotatable bonds is 5. The van der Waals surface area contributed by atoms with Crippen LogP contribution in [0.25, 0.3) is 0 Å². The number of nitrogens with zero attached hydrogens (tertiary/aromatic N) is 4. The van der Waals surface area contributed by atoms with E-state index >= 15 is 0 Å². The summed E-state index contributed by atoms with van der Waals surface area (Å²) in [6.07, 6.45) is 5.86. The number of fused-ring (bicyclic) bond motifs is 1. The number of anilines is 1. The fraction of sp³-hybridized carbons (Fsp3) is 0.556. The first-order valence-electron chi connectivity index (χ1n) is 8.78. The molecule has 0 spiro atoms. The van der Waals surface area contributed by atoms with Crippen molar-refractivity contribution in [3.8, 4) is 0 Å². The summed E-state index contributed by atoms with van der Waals surface area (Å²) >= 11 is 0. The molecular formula is C18H26N6O. The summed E-state index contributed by atoms with van der Waals surface area (Å²) in [4.78, 5) is 23.3. The summed E-state index contributed by atoms with van der Waals surface area (Å²) in [6, 6.07) is 0.00878. The Labute approximate surface area is 148 Å². The number of aryl methyl sites for hydroxylation is 3. The maximum atomic E-state index is 12.4. The van der Waals surface area contributed by atoms with Gasteiger partial charge in [0.15, 0.2) is 0 Å². The third-order valence-corrected chi connectivity index (χ3v) is 4.85. The highest BCUT2D eigenvalue weighted by molar-refractivity contribution is 5.76. The summed E-state index contributed by atoms with van der Waals surface area (Å²) in [5, 5.41) is 10.4. The molecule has 1 atom stereocenters. The maximum Gasteiger partial charge on any atom is 0.225 e. The van der Waals surface area contributed by atoms with Gasteiger partial charge in [-0.1, -0.05) is 0 Å². The zero-order valence-electron chi connectivity index (χ0n) is 15.4. The van der Waals surface area contributed by atoms with Crippen molar-refractivity contribution in [2.24, 2.45) is 0 Å². The van der Waals surface area contributed by atoms with Crippen molar-refractivity contribution in [3.63, 3.8) is 0 Å². The number of hydrogen-bond donors (Lipinski definition) is 2. The van der Waals surface area contributed by atoms with Crippen LogP contribution < -0.4 is 10.2 Å². The zero-order valence-corrected chi connectivity index (χ0v) is 15.4. The van der Waals surface area contributed by atoms with E-state index in [9.17, 15) is 4.79 Å². The van der Waals surface area contributed by atoms with Crippen LogP contribution in [-0.2, 0) is 17.6 Å². The number of amides is 1. The van der Waals surface area contributed by atoms with Crippen molar-refractivity contribution >= 4 is 11.9 Å². The van der Waals surface area contributed by atoms with Gasteiger partial charge in [0.2, 0.25) is 11.9 Å². The normalized spacial score (nSPS) is 16.4. The van der Waals surface area contributed by atoms with Crippen molar-refractivity contribution in [1.29, 1.82) is 0 Å². The van der Waals surface area contributed by atoms with Crippen molar-refractivity contribution in [1.82, 2.24) is 25.5 Å². The molecule has 7 heteroatoms. The number of carbonyl (C=O) groups excluding carboxylic acids is 1. The topological polar surface area (TPSA) is 86.8 Å². The molecule has 3 rings (SSSR count). The van der Waals surface area contributed by atoms with Gasteiger partial charge in [-0.2, -0.15) is 5.10 Å². The minimum absolute atomic E-state index is 0.00878. The summed E-state index contributed by atoms with van der Waals surface area (Å²) < 4.78 is 0. The zero-order chi connectivity index (χ0) is 18.0. The second kappa shape index (κ2) is 7.21. The number of aromatic amines is 1. The molecular weight excluding hydrogens is 316 g/mol. The maximum absolute atomic E-state index is 12.4. The summed E-state index contributed by atoms with van der Waals surface area (Å²) in [5.41, 5.74) is 5.27. The van der Waals surface area contributed by atoms with E-state index in [0.717, 1.165) is 53.4 Å². The van der Waals surface area contributed by atoms with Crippen LogP contribution in [0.4, 0.5) is 5.95 Å². The van der Waals surface area contributed by atoms with E-state index in [1.165, 1.54) is 0 Å². The van der Waals surface area contributed by atoms with Gasteiger partial charge in [-0.05, 0) is 38.7 Å². The average molecular weight is 342 g/mol. The van der Waals surface area contributed by atoms with E-state index in [-0.39, 0.29) is 11.9 Å². The van der Waals surface area contributed by atoms with Crippen LogP contribution in [0, 0.1) is 13.8 Å². The smallest absolute Gasteiger partial charge is 0.225 e. The minimum atomic E-state index is 0.00878. The predicted molar refractivity (Wildman–Crippen MR) is 96.6 cm³/mol. The molecule has 25 heavy (non-hydrogen) atoms. The fourth-order valence-corrected chi connectivity index (χ4v) is 3.18. The number of carbonyl (C=O) groups is 1. The molecule has 2 N–H and O–H groups in total. The molecule has 0 saturated carbocycles. The molecule has 0 fully saturated rings. The summed E-state index contributed by atoms with van der Waals surface area (Å²) in [5.74, 6) is 0.768. The van der Waals surface area contributed by atoms with Gasteiger partial charge in [-0.25, -0.2) is 9.97 Å². The van der Waals surface area contributed by atoms with Crippen LogP contribution in [0.2, 0.25) is 0 Å². The lowest BCUT2D eigenvalue weighted by molar-refractivity contribution is -0.121. The molecule has 2 aromatic heterocycles. The first-order valence-corrected chi connectivity index (χ1v) is 8.78. The first-order chi connectivity index (χ1) is 12.0. The lowest BCUT2D eigenvalue weighted by Gasteiger charge is -2.26. The molecule has 1 aliphatic rings. The molecule has 0 saturated heterocycles. The summed E-state index contributed by atoms with van der Waals surface area (Å²) in [7, 11) is 3.87.